The van der Waals surface area contributed by atoms with E-state index in [-0.39, 0.29) is 5.02 Å². The molecule has 98 valence electrons. The van der Waals surface area contributed by atoms with Gasteiger partial charge in [-0.25, -0.2) is 0 Å². The molecule has 0 aromatic heterocycles. The van der Waals surface area contributed by atoms with Crippen molar-refractivity contribution >= 4 is 17.4 Å². The van der Waals surface area contributed by atoms with E-state index in [1.54, 1.807) is 0 Å². The number of aliphatic hydroxyl groups excluding tert-OH is 1. The molecule has 1 atom stereocenters. The number of aliphatic hydroxyl groups is 1. The van der Waals surface area contributed by atoms with Crippen molar-refractivity contribution in [1.82, 2.24) is 0 Å². The molecule has 1 N–H and O–H groups in total. The minimum atomic E-state index is -5.21. The zero-order valence-electron chi connectivity index (χ0n) is 8.44. The number of carbonyl (C=O) groups is 1. The molecule has 0 saturated heterocycles. The summed E-state index contributed by atoms with van der Waals surface area (Å²) in [6, 6.07) is 2.46. The molecule has 18 heavy (non-hydrogen) atoms. The van der Waals surface area contributed by atoms with Gasteiger partial charge in [-0.2, -0.15) is 13.2 Å². The Bertz CT molecular complexity index is 503. The second-order valence-corrected chi connectivity index (χ2v) is 3.65. The van der Waals surface area contributed by atoms with Crippen LogP contribution in [-0.2, 0) is 0 Å². The fourth-order valence-corrected chi connectivity index (χ4v) is 1.39. The molecule has 0 spiro atoms. The van der Waals surface area contributed by atoms with E-state index in [0.717, 1.165) is 12.1 Å². The van der Waals surface area contributed by atoms with Gasteiger partial charge >= 0.3 is 12.4 Å². The van der Waals surface area contributed by atoms with Gasteiger partial charge in [0.25, 0.3) is 5.78 Å². The lowest BCUT2D eigenvalue weighted by atomic mass is 10.0. The Morgan fingerprint density at radius 1 is 1.44 bits per heavy atom. The average Bonchev–Trinajstić information content (AvgIpc) is 2.25. The summed E-state index contributed by atoms with van der Waals surface area (Å²) in [6.45, 7) is 0. The maximum Gasteiger partial charge on any atom is 0.454 e. The zero-order chi connectivity index (χ0) is 14.1. The molecule has 1 aromatic rings. The third-order valence-electron chi connectivity index (χ3n) is 2.00. The number of benzene rings is 1. The van der Waals surface area contributed by atoms with Gasteiger partial charge in [-0.3, -0.25) is 14.9 Å². The van der Waals surface area contributed by atoms with Gasteiger partial charge in [-0.05, 0) is 18.2 Å². The molecule has 1 rings (SSSR count). The lowest BCUT2D eigenvalue weighted by Gasteiger charge is -2.11. The highest BCUT2D eigenvalue weighted by Crippen LogP contribution is 2.29. The summed E-state index contributed by atoms with van der Waals surface area (Å²) < 4.78 is 36.8. The van der Waals surface area contributed by atoms with E-state index < -0.39 is 34.2 Å². The molecule has 0 fully saturated rings. The lowest BCUT2D eigenvalue weighted by molar-refractivity contribution is -0.578. The Balaban J connectivity index is 3.37. The summed E-state index contributed by atoms with van der Waals surface area (Å²) in [6.07, 6.45) is -7.64. The molecule has 0 aliphatic heterocycles. The summed E-state index contributed by atoms with van der Waals surface area (Å²) in [5, 5.41) is 19.3. The molecule has 0 saturated carbocycles. The second-order valence-electron chi connectivity index (χ2n) is 3.22. The van der Waals surface area contributed by atoms with Crippen LogP contribution < -0.4 is 0 Å². The molecular formula is C9H5ClF3NO4. The fourth-order valence-electron chi connectivity index (χ4n) is 1.22. The molecule has 0 bridgehead atoms. The number of hydrogen-bond acceptors (Lipinski definition) is 4. The van der Waals surface area contributed by atoms with Crippen molar-refractivity contribution in [3.05, 3.63) is 44.5 Å². The normalized spacial score (nSPS) is 13.2. The number of alkyl halides is 3. The van der Waals surface area contributed by atoms with Gasteiger partial charge in [0.1, 0.15) is 0 Å². The molecule has 0 radical (unpaired) electrons. The van der Waals surface area contributed by atoms with Gasteiger partial charge in [0.2, 0.25) is 0 Å². The van der Waals surface area contributed by atoms with Crippen LogP contribution in [0.5, 0.6) is 0 Å². The van der Waals surface area contributed by atoms with E-state index in [4.69, 9.17) is 16.7 Å². The van der Waals surface area contributed by atoms with Crippen LogP contribution in [0.15, 0.2) is 18.2 Å². The molecule has 1 unspecified atom stereocenters. The Hall–Kier alpha value is -1.67. The van der Waals surface area contributed by atoms with Crippen LogP contribution >= 0.6 is 11.6 Å². The first-order valence-corrected chi connectivity index (χ1v) is 4.75. The summed E-state index contributed by atoms with van der Waals surface area (Å²) in [5.74, 6) is -2.30. The van der Waals surface area contributed by atoms with Crippen molar-refractivity contribution < 1.29 is 28.0 Å². The Morgan fingerprint density at radius 3 is 2.44 bits per heavy atom. The average molecular weight is 284 g/mol. The van der Waals surface area contributed by atoms with E-state index in [1.807, 2.05) is 0 Å². The highest BCUT2D eigenvalue weighted by molar-refractivity contribution is 6.31. The van der Waals surface area contributed by atoms with Crippen LogP contribution in [0.2, 0.25) is 5.02 Å². The van der Waals surface area contributed by atoms with E-state index in [9.17, 15) is 28.1 Å². The van der Waals surface area contributed by atoms with Gasteiger partial charge in [0.05, 0.1) is 10.5 Å². The van der Waals surface area contributed by atoms with E-state index in [1.165, 1.54) is 0 Å². The molecule has 0 heterocycles. The van der Waals surface area contributed by atoms with Crippen molar-refractivity contribution in [1.29, 1.82) is 0 Å². The van der Waals surface area contributed by atoms with Crippen LogP contribution in [0.25, 0.3) is 0 Å². The number of carbonyl (C=O) groups excluding carboxylic acids is 1. The van der Waals surface area contributed by atoms with E-state index in [0.29, 0.717) is 6.07 Å². The fraction of sp³-hybridized carbons (Fsp3) is 0.222. The molecule has 9 heteroatoms. The van der Waals surface area contributed by atoms with Crippen LogP contribution in [0.1, 0.15) is 22.1 Å². The topological polar surface area (TPSA) is 80.4 Å². The Morgan fingerprint density at radius 2 is 2.00 bits per heavy atom. The molecule has 5 nitrogen and oxygen atoms in total. The standard InChI is InChI=1S/C9H5ClF3NO4/c10-4-1-2-5(8(16)14(17)18)6(3-4)7(15)9(11,12)13/h1-3,8,16H. The number of ketones is 1. The van der Waals surface area contributed by atoms with Gasteiger partial charge in [-0.1, -0.05) is 11.6 Å². The minimum absolute atomic E-state index is 0.207. The summed E-state index contributed by atoms with van der Waals surface area (Å²) in [7, 11) is 0. The third-order valence-corrected chi connectivity index (χ3v) is 2.23. The van der Waals surface area contributed by atoms with Crippen LogP contribution in [0, 0.1) is 10.1 Å². The maximum atomic E-state index is 12.3. The van der Waals surface area contributed by atoms with Gasteiger partial charge in [0.15, 0.2) is 0 Å². The monoisotopic (exact) mass is 283 g/mol. The highest BCUT2D eigenvalue weighted by Gasteiger charge is 2.42. The first-order chi connectivity index (χ1) is 8.14. The number of Topliss-reactive ketones (excluding diaryl/α,β-unsaturated/α-hetero) is 1. The van der Waals surface area contributed by atoms with Crippen molar-refractivity contribution in [2.75, 3.05) is 0 Å². The van der Waals surface area contributed by atoms with E-state index in [2.05, 4.69) is 0 Å². The van der Waals surface area contributed by atoms with Crippen molar-refractivity contribution in [2.24, 2.45) is 0 Å². The van der Waals surface area contributed by atoms with Crippen molar-refractivity contribution in [3.8, 4) is 0 Å². The number of nitro groups is 1. The number of nitrogens with zero attached hydrogens (tertiary/aromatic N) is 1. The maximum absolute atomic E-state index is 12.3. The first kappa shape index (κ1) is 14.4. The van der Waals surface area contributed by atoms with Crippen LogP contribution in [-0.4, -0.2) is 22.0 Å². The minimum Gasteiger partial charge on any atom is -0.329 e. The smallest absolute Gasteiger partial charge is 0.329 e. The Labute approximate surface area is 103 Å². The number of rotatable bonds is 3. The van der Waals surface area contributed by atoms with Crippen LogP contribution in [0.4, 0.5) is 13.2 Å². The predicted octanol–water partition coefficient (Wildman–Crippen LogP) is 2.35. The summed E-state index contributed by atoms with van der Waals surface area (Å²) in [4.78, 5) is 20.2. The molecule has 0 amide bonds. The number of hydrogen-bond donors (Lipinski definition) is 1. The predicted molar refractivity (Wildman–Crippen MR) is 53.8 cm³/mol. The van der Waals surface area contributed by atoms with Gasteiger partial charge in [-0.15, -0.1) is 0 Å². The summed E-state index contributed by atoms with van der Waals surface area (Å²) in [5.41, 5.74) is -1.80. The third kappa shape index (κ3) is 2.96. The lowest BCUT2D eigenvalue weighted by Crippen LogP contribution is -2.25. The summed E-state index contributed by atoms with van der Waals surface area (Å²) >= 11 is 5.42. The largest absolute Gasteiger partial charge is 0.454 e. The van der Waals surface area contributed by atoms with Crippen molar-refractivity contribution in [2.45, 2.75) is 12.4 Å². The second kappa shape index (κ2) is 4.91. The van der Waals surface area contributed by atoms with Crippen LogP contribution in [0.3, 0.4) is 0 Å². The van der Waals surface area contributed by atoms with E-state index >= 15 is 0 Å². The molecular weight excluding hydrogens is 279 g/mol. The molecule has 0 aliphatic rings. The van der Waals surface area contributed by atoms with Gasteiger partial charge in [0, 0.05) is 10.6 Å². The van der Waals surface area contributed by atoms with Gasteiger partial charge < -0.3 is 5.11 Å². The quantitative estimate of drug-likeness (QED) is 0.400. The SMILES string of the molecule is O=C(c1cc(Cl)ccc1C(O)[N+](=O)[O-])C(F)(F)F. The first-order valence-electron chi connectivity index (χ1n) is 4.37. The highest BCUT2D eigenvalue weighted by atomic mass is 35.5. The molecule has 0 aliphatic carbocycles. The van der Waals surface area contributed by atoms with Crippen molar-refractivity contribution in [3.63, 3.8) is 0 Å². The number of halogens is 4. The Kier molecular flexibility index (Phi) is 3.92. The molecule has 1 aromatic carbocycles. The zero-order valence-corrected chi connectivity index (χ0v) is 9.20.